The third kappa shape index (κ3) is 5.86. The van der Waals surface area contributed by atoms with Crippen molar-refractivity contribution in [1.82, 2.24) is 0 Å². The Bertz CT molecular complexity index is 909. The van der Waals surface area contributed by atoms with Gasteiger partial charge in [-0.25, -0.2) is 0 Å². The molecule has 2 aliphatic rings. The highest BCUT2D eigenvalue weighted by molar-refractivity contribution is 6.19. The molecule has 3 rings (SSSR count). The molecule has 1 aromatic rings. The van der Waals surface area contributed by atoms with Crippen LogP contribution in [-0.4, -0.2) is 67.2 Å². The Hall–Kier alpha value is -2.91. The van der Waals surface area contributed by atoms with Crippen LogP contribution in [0.4, 0.5) is 5.69 Å². The van der Waals surface area contributed by atoms with Crippen LogP contribution in [0.2, 0.25) is 0 Å². The largest absolute Gasteiger partial charge is 0.481 e. The number of carbonyl (C=O) groups is 5. The van der Waals surface area contributed by atoms with Crippen LogP contribution < -0.4 is 5.32 Å². The number of carboxylic acids is 1. The summed E-state index contributed by atoms with van der Waals surface area (Å²) in [5, 5.41) is 11.6. The number of carboxylic acid groups (broad SMARTS) is 1. The minimum absolute atomic E-state index is 0.0285. The molecule has 2 aliphatic carbocycles. The van der Waals surface area contributed by atoms with E-state index in [0.29, 0.717) is 43.0 Å². The fraction of sp³-hybridized carbons (Fsp3) is 0.522. The fourth-order valence-electron chi connectivity index (χ4n) is 4.18. The van der Waals surface area contributed by atoms with Crippen molar-refractivity contribution >= 4 is 34.8 Å². The molecule has 9 nitrogen and oxygen atoms in total. The van der Waals surface area contributed by atoms with E-state index in [0.717, 1.165) is 0 Å². The summed E-state index contributed by atoms with van der Waals surface area (Å²) >= 11 is 0. The van der Waals surface area contributed by atoms with Crippen LogP contribution in [0.15, 0.2) is 18.2 Å². The maximum absolute atomic E-state index is 13.1. The summed E-state index contributed by atoms with van der Waals surface area (Å²) in [6.07, 6.45) is 0.363. The van der Waals surface area contributed by atoms with E-state index in [9.17, 15) is 24.0 Å². The third-order valence-electron chi connectivity index (χ3n) is 5.75. The van der Waals surface area contributed by atoms with Gasteiger partial charge < -0.3 is 19.9 Å². The van der Waals surface area contributed by atoms with Crippen LogP contribution in [0.5, 0.6) is 0 Å². The molecule has 2 N–H and O–H groups in total. The maximum atomic E-state index is 13.1. The number of hydrogen-bond acceptors (Lipinski definition) is 8. The summed E-state index contributed by atoms with van der Waals surface area (Å²) in [4.78, 5) is 60.2. The summed E-state index contributed by atoms with van der Waals surface area (Å²) in [5.41, 5.74) is 1.20. The van der Waals surface area contributed by atoms with Gasteiger partial charge in [0.15, 0.2) is 11.6 Å². The number of carbonyl (C=O) groups excluding carboxylic acids is 4. The van der Waals surface area contributed by atoms with Crippen LogP contribution in [0, 0.1) is 11.8 Å². The zero-order valence-corrected chi connectivity index (χ0v) is 17.8. The molecule has 1 aromatic carbocycles. The Labute approximate surface area is 185 Å². The predicted molar refractivity (Wildman–Crippen MR) is 113 cm³/mol. The van der Waals surface area contributed by atoms with Crippen molar-refractivity contribution in [1.29, 1.82) is 0 Å². The van der Waals surface area contributed by atoms with Gasteiger partial charge in [-0.2, -0.15) is 0 Å². The van der Waals surface area contributed by atoms with E-state index >= 15 is 0 Å². The summed E-state index contributed by atoms with van der Waals surface area (Å²) in [6.45, 7) is 1.47. The van der Waals surface area contributed by atoms with E-state index in [1.54, 1.807) is 18.2 Å². The molecule has 1 fully saturated rings. The molecule has 32 heavy (non-hydrogen) atoms. The lowest BCUT2D eigenvalue weighted by molar-refractivity contribution is -0.138. The van der Waals surface area contributed by atoms with E-state index in [1.165, 1.54) is 0 Å². The average molecular weight is 445 g/mol. The molecule has 9 heteroatoms. The molecule has 0 heterocycles. The number of anilines is 1. The van der Waals surface area contributed by atoms with Gasteiger partial charge >= 0.3 is 5.97 Å². The molecule has 0 spiro atoms. The number of ketones is 4. The number of fused-ring (bicyclic) bond motifs is 1. The minimum atomic E-state index is -0.916. The molecule has 0 bridgehead atoms. The highest BCUT2D eigenvalue weighted by Gasteiger charge is 2.42. The van der Waals surface area contributed by atoms with E-state index in [2.05, 4.69) is 5.32 Å². The van der Waals surface area contributed by atoms with Gasteiger partial charge in [-0.1, -0.05) is 12.1 Å². The van der Waals surface area contributed by atoms with Crippen LogP contribution in [0.25, 0.3) is 0 Å². The average Bonchev–Trinajstić information content (AvgIpc) is 2.75. The molecule has 2 atom stereocenters. The Morgan fingerprint density at radius 3 is 2.50 bits per heavy atom. The van der Waals surface area contributed by atoms with E-state index in [4.69, 9.17) is 14.6 Å². The summed E-state index contributed by atoms with van der Waals surface area (Å²) in [7, 11) is 0. The van der Waals surface area contributed by atoms with Gasteiger partial charge in [-0.15, -0.1) is 0 Å². The number of aliphatic carboxylic acids is 1. The molecule has 0 radical (unpaired) electrons. The first-order valence-corrected chi connectivity index (χ1v) is 10.7. The lowest BCUT2D eigenvalue weighted by Gasteiger charge is -2.31. The quantitative estimate of drug-likeness (QED) is 0.387. The van der Waals surface area contributed by atoms with Crippen molar-refractivity contribution in [3.05, 3.63) is 29.3 Å². The summed E-state index contributed by atoms with van der Waals surface area (Å²) in [5.74, 6) is -2.94. The smallest absolute Gasteiger partial charge is 0.305 e. The van der Waals surface area contributed by atoms with Crippen molar-refractivity contribution < 1.29 is 38.6 Å². The Morgan fingerprint density at radius 1 is 1.03 bits per heavy atom. The third-order valence-corrected chi connectivity index (χ3v) is 5.75. The first kappa shape index (κ1) is 23.7. The Kier molecular flexibility index (Phi) is 8.24. The lowest BCUT2D eigenvalue weighted by atomic mass is 9.69. The van der Waals surface area contributed by atoms with Gasteiger partial charge in [0.1, 0.15) is 11.6 Å². The normalized spacial score (nSPS) is 20.9. The fourth-order valence-corrected chi connectivity index (χ4v) is 4.18. The SMILES string of the molecule is O=C(O)CCOCCOCCNc1cccc2c1C(=O)CC(C1CCC(=O)CC1=O)C2=O. The predicted octanol–water partition coefficient (Wildman–Crippen LogP) is 1.93. The topological polar surface area (TPSA) is 136 Å². The second kappa shape index (κ2) is 11.1. The van der Waals surface area contributed by atoms with E-state index in [-0.39, 0.29) is 62.0 Å². The second-order valence-electron chi connectivity index (χ2n) is 7.95. The Morgan fingerprint density at radius 2 is 1.78 bits per heavy atom. The van der Waals surface area contributed by atoms with Crippen molar-refractivity contribution in [3.63, 3.8) is 0 Å². The summed E-state index contributed by atoms with van der Waals surface area (Å²) < 4.78 is 10.6. The molecular formula is C23H27NO8. The summed E-state index contributed by atoms with van der Waals surface area (Å²) in [6, 6.07) is 5.03. The molecule has 0 aromatic heterocycles. The molecule has 2 unspecified atom stereocenters. The van der Waals surface area contributed by atoms with Gasteiger partial charge in [0.05, 0.1) is 44.8 Å². The molecular weight excluding hydrogens is 418 g/mol. The van der Waals surface area contributed by atoms with Crippen molar-refractivity contribution in [2.75, 3.05) is 38.3 Å². The Balaban J connectivity index is 1.53. The zero-order chi connectivity index (χ0) is 23.1. The first-order valence-electron chi connectivity index (χ1n) is 10.7. The number of rotatable bonds is 11. The first-order chi connectivity index (χ1) is 15.4. The maximum Gasteiger partial charge on any atom is 0.305 e. The second-order valence-corrected chi connectivity index (χ2v) is 7.95. The van der Waals surface area contributed by atoms with Crippen molar-refractivity contribution in [2.24, 2.45) is 11.8 Å². The van der Waals surface area contributed by atoms with Gasteiger partial charge in [-0.3, -0.25) is 24.0 Å². The van der Waals surface area contributed by atoms with Gasteiger partial charge in [0, 0.05) is 42.5 Å². The molecule has 1 saturated carbocycles. The van der Waals surface area contributed by atoms with E-state index < -0.39 is 17.8 Å². The standard InChI is InChI=1S/C23H27NO8/c25-14-4-5-15(19(26)12-14)17-13-20(27)22-16(23(17)30)2-1-3-18(22)24-7-9-32-11-10-31-8-6-21(28)29/h1-3,15,17,24H,4-13H2,(H,28,29). The zero-order valence-electron chi connectivity index (χ0n) is 17.8. The minimum Gasteiger partial charge on any atom is -0.481 e. The van der Waals surface area contributed by atoms with Crippen LogP contribution in [0.1, 0.15) is 52.8 Å². The van der Waals surface area contributed by atoms with Crippen molar-refractivity contribution in [2.45, 2.75) is 32.1 Å². The highest BCUT2D eigenvalue weighted by atomic mass is 16.5. The van der Waals surface area contributed by atoms with Crippen LogP contribution >= 0.6 is 0 Å². The molecule has 172 valence electrons. The number of ether oxygens (including phenoxy) is 2. The molecule has 0 amide bonds. The van der Waals surface area contributed by atoms with Gasteiger partial charge in [-0.05, 0) is 12.5 Å². The number of hydrogen-bond donors (Lipinski definition) is 2. The van der Waals surface area contributed by atoms with Crippen LogP contribution in [-0.2, 0) is 23.9 Å². The number of nitrogens with one attached hydrogen (secondary N) is 1. The number of Topliss-reactive ketones (excluding diaryl/α,β-unsaturated/α-hetero) is 4. The van der Waals surface area contributed by atoms with Crippen molar-refractivity contribution in [3.8, 4) is 0 Å². The molecule has 0 aliphatic heterocycles. The highest BCUT2D eigenvalue weighted by Crippen LogP contribution is 2.37. The number of benzene rings is 1. The van der Waals surface area contributed by atoms with E-state index in [1.807, 2.05) is 0 Å². The van der Waals surface area contributed by atoms with Crippen LogP contribution in [0.3, 0.4) is 0 Å². The lowest BCUT2D eigenvalue weighted by Crippen LogP contribution is -2.39. The monoisotopic (exact) mass is 445 g/mol. The van der Waals surface area contributed by atoms with Gasteiger partial charge in [0.2, 0.25) is 0 Å². The molecule has 0 saturated heterocycles. The van der Waals surface area contributed by atoms with Gasteiger partial charge in [0.25, 0.3) is 0 Å².